The predicted octanol–water partition coefficient (Wildman–Crippen LogP) is 2.54. The molecule has 2 aliphatic rings. The van der Waals surface area contributed by atoms with Crippen LogP contribution in [0.5, 0.6) is 0 Å². The fraction of sp³-hybridized carbons (Fsp3) is 0.500. The molecule has 2 N–H and O–H groups in total. The Morgan fingerprint density at radius 1 is 1.45 bits per heavy atom. The van der Waals surface area contributed by atoms with Crippen molar-refractivity contribution in [2.45, 2.75) is 38.6 Å². The van der Waals surface area contributed by atoms with Crippen LogP contribution in [0.4, 0.5) is 5.69 Å². The number of carbonyl (C=O) groups is 1. The second-order valence-corrected chi connectivity index (χ2v) is 6.18. The van der Waals surface area contributed by atoms with Crippen LogP contribution < -0.4 is 5.73 Å². The second-order valence-electron chi connectivity index (χ2n) is 6.18. The van der Waals surface area contributed by atoms with Crippen molar-refractivity contribution in [3.63, 3.8) is 0 Å². The first-order chi connectivity index (χ1) is 9.48. The molecule has 0 saturated heterocycles. The molecule has 0 spiro atoms. The van der Waals surface area contributed by atoms with Gasteiger partial charge >= 0.3 is 0 Å². The molecule has 3 rings (SSSR count). The van der Waals surface area contributed by atoms with Gasteiger partial charge in [-0.1, -0.05) is 12.1 Å². The summed E-state index contributed by atoms with van der Waals surface area (Å²) in [6, 6.07) is 7.69. The Bertz CT molecular complexity index is 577. The zero-order valence-electron chi connectivity index (χ0n) is 12.1. The van der Waals surface area contributed by atoms with Crippen molar-refractivity contribution in [3.05, 3.63) is 29.8 Å². The largest absolute Gasteiger partial charge is 0.399 e. The molecule has 0 radical (unpaired) electrons. The standard InChI is InChI=1S/C16H21N3O/c1-11-18-16(2,13-4-3-5-14(17)8-13)9-15(20)19(11)10-12-6-7-12/h3-5,8,12H,6-7,9-10,17H2,1-2H3/t16-/m0/s1. The molecular weight excluding hydrogens is 250 g/mol. The van der Waals surface area contributed by atoms with Gasteiger partial charge in [0.25, 0.3) is 0 Å². The number of aliphatic imine (C=N–C) groups is 1. The molecular formula is C16H21N3O. The number of hydrogen-bond acceptors (Lipinski definition) is 3. The van der Waals surface area contributed by atoms with Gasteiger partial charge in [0.15, 0.2) is 0 Å². The van der Waals surface area contributed by atoms with Crippen LogP contribution in [0.15, 0.2) is 29.3 Å². The van der Waals surface area contributed by atoms with E-state index in [9.17, 15) is 4.79 Å². The van der Waals surface area contributed by atoms with Crippen LogP contribution in [0.3, 0.4) is 0 Å². The van der Waals surface area contributed by atoms with Crippen LogP contribution in [0.25, 0.3) is 0 Å². The topological polar surface area (TPSA) is 58.7 Å². The van der Waals surface area contributed by atoms with Crippen molar-refractivity contribution < 1.29 is 4.79 Å². The second kappa shape index (κ2) is 4.62. The summed E-state index contributed by atoms with van der Waals surface area (Å²) in [5.41, 5.74) is 7.08. The van der Waals surface area contributed by atoms with E-state index in [1.54, 1.807) is 0 Å². The number of nitrogens with two attached hydrogens (primary N) is 1. The summed E-state index contributed by atoms with van der Waals surface area (Å²) < 4.78 is 0. The summed E-state index contributed by atoms with van der Waals surface area (Å²) in [5.74, 6) is 1.69. The van der Waals surface area contributed by atoms with E-state index in [0.717, 1.165) is 17.9 Å². The zero-order chi connectivity index (χ0) is 14.3. The van der Waals surface area contributed by atoms with Gasteiger partial charge in [-0.25, -0.2) is 0 Å². The van der Waals surface area contributed by atoms with E-state index in [2.05, 4.69) is 0 Å². The van der Waals surface area contributed by atoms with Crippen molar-refractivity contribution in [1.29, 1.82) is 0 Å². The highest BCUT2D eigenvalue weighted by Crippen LogP contribution is 2.36. The Kier molecular flexibility index (Phi) is 3.04. The molecule has 1 atom stereocenters. The number of benzene rings is 1. The molecule has 0 unspecified atom stereocenters. The number of nitrogens with zero attached hydrogens (tertiary/aromatic N) is 2. The molecule has 0 aromatic heterocycles. The quantitative estimate of drug-likeness (QED) is 0.859. The van der Waals surface area contributed by atoms with Crippen LogP contribution >= 0.6 is 0 Å². The summed E-state index contributed by atoms with van der Waals surface area (Å²) >= 11 is 0. The summed E-state index contributed by atoms with van der Waals surface area (Å²) in [6.45, 7) is 4.78. The normalized spacial score (nSPS) is 26.6. The SMILES string of the molecule is CC1=N[C@](C)(c2cccc(N)c2)CC(=O)N1CC1CC1. The van der Waals surface area contributed by atoms with Crippen molar-refractivity contribution in [3.8, 4) is 0 Å². The Labute approximate surface area is 119 Å². The number of carbonyl (C=O) groups excluding carboxylic acids is 1. The minimum atomic E-state index is -0.489. The third kappa shape index (κ3) is 2.42. The summed E-state index contributed by atoms with van der Waals surface area (Å²) in [5, 5.41) is 0. The smallest absolute Gasteiger partial charge is 0.230 e. The van der Waals surface area contributed by atoms with Gasteiger partial charge in [0, 0.05) is 12.2 Å². The first kappa shape index (κ1) is 13.2. The number of rotatable bonds is 3. The van der Waals surface area contributed by atoms with Crippen LogP contribution in [-0.4, -0.2) is 23.2 Å². The number of nitrogen functional groups attached to an aromatic ring is 1. The number of anilines is 1. The van der Waals surface area contributed by atoms with Crippen LogP contribution in [-0.2, 0) is 10.3 Å². The molecule has 1 saturated carbocycles. The zero-order valence-corrected chi connectivity index (χ0v) is 12.1. The predicted molar refractivity (Wildman–Crippen MR) is 80.4 cm³/mol. The molecule has 1 aliphatic heterocycles. The fourth-order valence-corrected chi connectivity index (χ4v) is 2.86. The van der Waals surface area contributed by atoms with E-state index in [1.807, 2.05) is 43.0 Å². The van der Waals surface area contributed by atoms with E-state index >= 15 is 0 Å². The molecule has 1 aromatic rings. The number of amides is 1. The lowest BCUT2D eigenvalue weighted by atomic mass is 9.87. The molecule has 1 aliphatic carbocycles. The fourth-order valence-electron chi connectivity index (χ4n) is 2.86. The molecule has 4 heteroatoms. The molecule has 0 bridgehead atoms. The van der Waals surface area contributed by atoms with E-state index in [-0.39, 0.29) is 5.91 Å². The molecule has 4 nitrogen and oxygen atoms in total. The summed E-state index contributed by atoms with van der Waals surface area (Å²) in [6.07, 6.45) is 2.90. The first-order valence-corrected chi connectivity index (χ1v) is 7.21. The van der Waals surface area contributed by atoms with E-state index < -0.39 is 5.54 Å². The minimum Gasteiger partial charge on any atom is -0.399 e. The van der Waals surface area contributed by atoms with Gasteiger partial charge in [-0.3, -0.25) is 9.79 Å². The van der Waals surface area contributed by atoms with Gasteiger partial charge in [-0.05, 0) is 50.3 Å². The molecule has 1 fully saturated rings. The molecule has 1 amide bonds. The maximum atomic E-state index is 12.5. The monoisotopic (exact) mass is 271 g/mol. The molecule has 1 aromatic carbocycles. The number of hydrogen-bond donors (Lipinski definition) is 1. The van der Waals surface area contributed by atoms with Gasteiger partial charge in [0.05, 0.1) is 12.0 Å². The van der Waals surface area contributed by atoms with E-state index in [1.165, 1.54) is 12.8 Å². The maximum absolute atomic E-state index is 12.5. The lowest BCUT2D eigenvalue weighted by molar-refractivity contribution is -0.129. The maximum Gasteiger partial charge on any atom is 0.230 e. The van der Waals surface area contributed by atoms with Crippen molar-refractivity contribution >= 4 is 17.4 Å². The van der Waals surface area contributed by atoms with Gasteiger partial charge in [0.1, 0.15) is 5.84 Å². The Balaban J connectivity index is 1.91. The highest BCUT2D eigenvalue weighted by Gasteiger charge is 2.38. The van der Waals surface area contributed by atoms with Crippen molar-refractivity contribution in [2.75, 3.05) is 12.3 Å². The molecule has 106 valence electrons. The Morgan fingerprint density at radius 3 is 2.80 bits per heavy atom. The van der Waals surface area contributed by atoms with Gasteiger partial charge in [0.2, 0.25) is 5.91 Å². The highest BCUT2D eigenvalue weighted by atomic mass is 16.2. The lowest BCUT2D eigenvalue weighted by Gasteiger charge is -2.36. The van der Waals surface area contributed by atoms with Gasteiger partial charge in [-0.2, -0.15) is 0 Å². The summed E-state index contributed by atoms with van der Waals surface area (Å²) in [4.78, 5) is 19.1. The average Bonchev–Trinajstić information content (AvgIpc) is 3.18. The average molecular weight is 271 g/mol. The van der Waals surface area contributed by atoms with Crippen LogP contribution in [0, 0.1) is 5.92 Å². The Hall–Kier alpha value is -1.84. The third-order valence-corrected chi connectivity index (χ3v) is 4.24. The molecule has 20 heavy (non-hydrogen) atoms. The Morgan fingerprint density at radius 2 is 2.20 bits per heavy atom. The van der Waals surface area contributed by atoms with Gasteiger partial charge < -0.3 is 10.6 Å². The molecule has 1 heterocycles. The van der Waals surface area contributed by atoms with Crippen molar-refractivity contribution in [2.24, 2.45) is 10.9 Å². The van der Waals surface area contributed by atoms with Crippen LogP contribution in [0.1, 0.15) is 38.7 Å². The highest BCUT2D eigenvalue weighted by molar-refractivity contribution is 5.99. The minimum absolute atomic E-state index is 0.175. The van der Waals surface area contributed by atoms with E-state index in [0.29, 0.717) is 18.0 Å². The van der Waals surface area contributed by atoms with Crippen molar-refractivity contribution in [1.82, 2.24) is 4.90 Å². The first-order valence-electron chi connectivity index (χ1n) is 7.21. The summed E-state index contributed by atoms with van der Waals surface area (Å²) in [7, 11) is 0. The lowest BCUT2D eigenvalue weighted by Crippen LogP contribution is -2.45. The third-order valence-electron chi connectivity index (χ3n) is 4.24. The van der Waals surface area contributed by atoms with E-state index in [4.69, 9.17) is 10.7 Å². The van der Waals surface area contributed by atoms with Crippen LogP contribution in [0.2, 0.25) is 0 Å². The van der Waals surface area contributed by atoms with Gasteiger partial charge in [-0.15, -0.1) is 0 Å². The number of amidine groups is 1.